The van der Waals surface area contributed by atoms with Gasteiger partial charge in [0.25, 0.3) is 0 Å². The van der Waals surface area contributed by atoms with E-state index in [0.717, 1.165) is 5.56 Å². The largest absolute Gasteiger partial charge is 0.495 e. The normalized spacial score (nSPS) is 10.5. The molecule has 0 atom stereocenters. The van der Waals surface area contributed by atoms with Gasteiger partial charge in [0, 0.05) is 0 Å². The molecule has 0 radical (unpaired) electrons. The lowest BCUT2D eigenvalue weighted by Crippen LogP contribution is -2.32. The molecule has 0 aromatic heterocycles. The van der Waals surface area contributed by atoms with Crippen molar-refractivity contribution in [1.29, 1.82) is 0 Å². The highest BCUT2D eigenvalue weighted by molar-refractivity contribution is 6.39. The molecule has 2 N–H and O–H groups in total. The van der Waals surface area contributed by atoms with Crippen LogP contribution >= 0.6 is 0 Å². The summed E-state index contributed by atoms with van der Waals surface area (Å²) in [6.07, 6.45) is 1.41. The predicted octanol–water partition coefficient (Wildman–Crippen LogP) is 3.76. The van der Waals surface area contributed by atoms with E-state index in [1.165, 1.54) is 13.3 Å². The smallest absolute Gasteiger partial charge is 0.329 e. The van der Waals surface area contributed by atoms with Crippen molar-refractivity contribution in [2.24, 2.45) is 5.10 Å². The monoisotopic (exact) mass is 447 g/mol. The topological polar surface area (TPSA) is 98.2 Å². The average Bonchev–Trinajstić information content (AvgIpc) is 2.84. The van der Waals surface area contributed by atoms with E-state index in [0.29, 0.717) is 41.7 Å². The maximum Gasteiger partial charge on any atom is 0.329 e. The van der Waals surface area contributed by atoms with Crippen LogP contribution in [0.25, 0.3) is 0 Å². The van der Waals surface area contributed by atoms with Gasteiger partial charge in [0.1, 0.15) is 12.4 Å². The number of ether oxygens (including phenoxy) is 3. The summed E-state index contributed by atoms with van der Waals surface area (Å²) in [5.74, 6) is -0.183. The van der Waals surface area contributed by atoms with E-state index in [4.69, 9.17) is 14.2 Å². The van der Waals surface area contributed by atoms with Gasteiger partial charge in [0.2, 0.25) is 0 Å². The summed E-state index contributed by atoms with van der Waals surface area (Å²) in [5, 5.41) is 6.34. The molecular weight excluding hydrogens is 422 g/mol. The quantitative estimate of drug-likeness (QED) is 0.296. The lowest BCUT2D eigenvalue weighted by molar-refractivity contribution is -0.136. The zero-order chi connectivity index (χ0) is 23.5. The van der Waals surface area contributed by atoms with Gasteiger partial charge >= 0.3 is 11.8 Å². The molecule has 170 valence electrons. The molecule has 0 aliphatic heterocycles. The third kappa shape index (κ3) is 6.83. The first-order valence-electron chi connectivity index (χ1n) is 10.3. The zero-order valence-corrected chi connectivity index (χ0v) is 18.4. The van der Waals surface area contributed by atoms with Crippen molar-refractivity contribution < 1.29 is 23.8 Å². The lowest BCUT2D eigenvalue weighted by Gasteiger charge is -2.12. The zero-order valence-electron chi connectivity index (χ0n) is 18.4. The first kappa shape index (κ1) is 23.3. The van der Waals surface area contributed by atoms with Crippen LogP contribution in [0.2, 0.25) is 0 Å². The second kappa shape index (κ2) is 11.9. The summed E-state index contributed by atoms with van der Waals surface area (Å²) in [6, 6.07) is 21.9. The van der Waals surface area contributed by atoms with E-state index < -0.39 is 11.8 Å². The number of amides is 2. The van der Waals surface area contributed by atoms with Crippen LogP contribution < -0.4 is 25.0 Å². The van der Waals surface area contributed by atoms with Crippen molar-refractivity contribution in [3.05, 3.63) is 83.9 Å². The fourth-order valence-corrected chi connectivity index (χ4v) is 2.87. The molecule has 8 nitrogen and oxygen atoms in total. The van der Waals surface area contributed by atoms with Crippen LogP contribution in [0.15, 0.2) is 77.9 Å². The van der Waals surface area contributed by atoms with E-state index >= 15 is 0 Å². The van der Waals surface area contributed by atoms with Crippen LogP contribution in [0.3, 0.4) is 0 Å². The molecule has 2 amide bonds. The molecule has 0 unspecified atom stereocenters. The molecule has 0 spiro atoms. The summed E-state index contributed by atoms with van der Waals surface area (Å²) < 4.78 is 16.7. The Labute approximate surface area is 192 Å². The summed E-state index contributed by atoms with van der Waals surface area (Å²) in [5.41, 5.74) is 4.30. The Morgan fingerprint density at radius 3 is 2.39 bits per heavy atom. The van der Waals surface area contributed by atoms with Crippen molar-refractivity contribution in [3.63, 3.8) is 0 Å². The molecule has 33 heavy (non-hydrogen) atoms. The number of hydrogen-bond acceptors (Lipinski definition) is 6. The Bertz CT molecular complexity index is 1120. The van der Waals surface area contributed by atoms with E-state index in [1.807, 2.05) is 37.3 Å². The number of hydrogen-bond donors (Lipinski definition) is 2. The molecule has 0 bridgehead atoms. The van der Waals surface area contributed by atoms with Crippen molar-refractivity contribution in [2.75, 3.05) is 19.0 Å². The number of benzene rings is 3. The Morgan fingerprint density at radius 2 is 1.64 bits per heavy atom. The summed E-state index contributed by atoms with van der Waals surface area (Å²) >= 11 is 0. The number of hydrazone groups is 1. The fraction of sp³-hybridized carbons (Fsp3) is 0.160. The molecule has 0 saturated carbocycles. The van der Waals surface area contributed by atoms with Crippen molar-refractivity contribution in [3.8, 4) is 17.2 Å². The van der Waals surface area contributed by atoms with Crippen LogP contribution in [0.5, 0.6) is 17.2 Å². The third-order valence-corrected chi connectivity index (χ3v) is 4.45. The van der Waals surface area contributed by atoms with Gasteiger partial charge in [0.15, 0.2) is 11.5 Å². The highest BCUT2D eigenvalue weighted by Gasteiger charge is 2.15. The van der Waals surface area contributed by atoms with Crippen LogP contribution in [0.1, 0.15) is 18.1 Å². The SMILES string of the molecule is CCOc1cc(/C=N/NC(=O)C(=O)Nc2ccccc2OC)ccc1OCc1ccccc1. The minimum Gasteiger partial charge on any atom is -0.495 e. The lowest BCUT2D eigenvalue weighted by atomic mass is 10.2. The van der Waals surface area contributed by atoms with Crippen LogP contribution in [0, 0.1) is 0 Å². The van der Waals surface area contributed by atoms with Gasteiger partial charge in [0.05, 0.1) is 25.6 Å². The van der Waals surface area contributed by atoms with Crippen molar-refractivity contribution >= 4 is 23.7 Å². The second-order valence-electron chi connectivity index (χ2n) is 6.77. The molecule has 3 aromatic carbocycles. The standard InChI is InChI=1S/C25H25N3O5/c1-3-32-23-15-19(13-14-22(23)33-17-18-9-5-4-6-10-18)16-26-28-25(30)24(29)27-20-11-7-8-12-21(20)31-2/h4-16H,3,17H2,1-2H3,(H,27,29)(H,28,30)/b26-16+. The number of carbonyl (C=O) groups excluding carboxylic acids is 2. The molecule has 0 fully saturated rings. The summed E-state index contributed by atoms with van der Waals surface area (Å²) in [7, 11) is 1.48. The highest BCUT2D eigenvalue weighted by atomic mass is 16.5. The Morgan fingerprint density at radius 1 is 0.879 bits per heavy atom. The minimum atomic E-state index is -0.912. The molecule has 0 aliphatic carbocycles. The van der Waals surface area contributed by atoms with Gasteiger partial charge in [-0.1, -0.05) is 42.5 Å². The number of nitrogens with one attached hydrogen (secondary N) is 2. The summed E-state index contributed by atoms with van der Waals surface area (Å²) in [6.45, 7) is 2.75. The second-order valence-corrected chi connectivity index (χ2v) is 6.77. The van der Waals surface area contributed by atoms with E-state index in [2.05, 4.69) is 15.8 Å². The number of rotatable bonds is 9. The molecular formula is C25H25N3O5. The van der Waals surface area contributed by atoms with E-state index in [1.54, 1.807) is 42.5 Å². The Hall–Kier alpha value is -4.33. The van der Waals surface area contributed by atoms with E-state index in [9.17, 15) is 9.59 Å². The predicted molar refractivity (Wildman–Crippen MR) is 126 cm³/mol. The van der Waals surface area contributed by atoms with Gasteiger partial charge in [-0.15, -0.1) is 0 Å². The number of methoxy groups -OCH3 is 1. The maximum absolute atomic E-state index is 12.1. The average molecular weight is 447 g/mol. The first-order chi connectivity index (χ1) is 16.1. The van der Waals surface area contributed by atoms with Gasteiger partial charge in [-0.2, -0.15) is 5.10 Å². The summed E-state index contributed by atoms with van der Waals surface area (Å²) in [4.78, 5) is 24.2. The van der Waals surface area contributed by atoms with Crippen molar-refractivity contribution in [2.45, 2.75) is 13.5 Å². The van der Waals surface area contributed by atoms with Gasteiger partial charge in [-0.3, -0.25) is 9.59 Å². The van der Waals surface area contributed by atoms with E-state index in [-0.39, 0.29) is 0 Å². The Balaban J connectivity index is 1.59. The molecule has 8 heteroatoms. The fourth-order valence-electron chi connectivity index (χ4n) is 2.87. The Kier molecular flexibility index (Phi) is 8.41. The highest BCUT2D eigenvalue weighted by Crippen LogP contribution is 2.29. The molecule has 0 saturated heterocycles. The van der Waals surface area contributed by atoms with Crippen LogP contribution in [-0.4, -0.2) is 31.7 Å². The van der Waals surface area contributed by atoms with Crippen molar-refractivity contribution in [1.82, 2.24) is 5.43 Å². The third-order valence-electron chi connectivity index (χ3n) is 4.45. The van der Waals surface area contributed by atoms with Gasteiger partial charge in [-0.25, -0.2) is 5.43 Å². The molecule has 0 heterocycles. The molecule has 3 aromatic rings. The number of para-hydroxylation sites is 2. The minimum absolute atomic E-state index is 0.386. The maximum atomic E-state index is 12.1. The number of anilines is 1. The number of carbonyl (C=O) groups is 2. The molecule has 3 rings (SSSR count). The van der Waals surface area contributed by atoms with Gasteiger partial charge < -0.3 is 19.5 Å². The number of nitrogens with zero attached hydrogens (tertiary/aromatic N) is 1. The van der Waals surface area contributed by atoms with Crippen LogP contribution in [-0.2, 0) is 16.2 Å². The van der Waals surface area contributed by atoms with Crippen LogP contribution in [0.4, 0.5) is 5.69 Å². The first-order valence-corrected chi connectivity index (χ1v) is 10.3. The molecule has 0 aliphatic rings. The van der Waals surface area contributed by atoms with Gasteiger partial charge in [-0.05, 0) is 48.4 Å².